The van der Waals surface area contributed by atoms with E-state index < -0.39 is 0 Å². The van der Waals surface area contributed by atoms with Crippen molar-refractivity contribution < 1.29 is 14.2 Å². The van der Waals surface area contributed by atoms with Crippen LogP contribution in [0.2, 0.25) is 0 Å². The summed E-state index contributed by atoms with van der Waals surface area (Å²) in [4.78, 5) is 37.2. The minimum atomic E-state index is -0.379. The van der Waals surface area contributed by atoms with E-state index in [1.54, 1.807) is 10.8 Å². The fourth-order valence-electron chi connectivity index (χ4n) is 5.06. The van der Waals surface area contributed by atoms with Crippen molar-refractivity contribution in [2.45, 2.75) is 92.1 Å². The Labute approximate surface area is 241 Å². The highest BCUT2D eigenvalue weighted by atomic mass is 16.7. The summed E-state index contributed by atoms with van der Waals surface area (Å²) in [6, 6.07) is 3.48. The molecule has 0 spiro atoms. The van der Waals surface area contributed by atoms with Crippen molar-refractivity contribution in [3.63, 3.8) is 0 Å². The molecular weight excluding hydrogens is 522 g/mol. The van der Waals surface area contributed by atoms with Crippen molar-refractivity contribution in [3.05, 3.63) is 63.0 Å². The molecule has 4 rings (SSSR count). The van der Waals surface area contributed by atoms with Gasteiger partial charge >= 0.3 is 5.69 Å². The van der Waals surface area contributed by atoms with Crippen molar-refractivity contribution >= 4 is 11.2 Å². The Balaban J connectivity index is 1.86. The lowest BCUT2D eigenvalue weighted by Crippen LogP contribution is -2.41. The molecule has 4 heterocycles. The summed E-state index contributed by atoms with van der Waals surface area (Å²) in [6.07, 6.45) is 12.0. The maximum Gasteiger partial charge on any atom is 0.332 e. The smallest absolute Gasteiger partial charge is 0.332 e. The predicted molar refractivity (Wildman–Crippen MR) is 160 cm³/mol. The normalized spacial score (nSPS) is 16.3. The number of rotatable bonds is 13. The molecule has 10 nitrogen and oxygen atoms in total. The van der Waals surface area contributed by atoms with Crippen molar-refractivity contribution in [2.75, 3.05) is 19.8 Å². The van der Waals surface area contributed by atoms with Gasteiger partial charge in [-0.1, -0.05) is 25.2 Å². The third-order valence-corrected chi connectivity index (χ3v) is 7.12. The van der Waals surface area contributed by atoms with Gasteiger partial charge in [-0.15, -0.1) is 0 Å². The standard InChI is InChI=1S/C31H43N5O5/c1-6-9-14-23(7-2)21-35-26-28(33-27(35)24-15-12-17-32-29(24)39-8-3)36(22(4)5)31(38)34(30(26)37)18-13-20-41-25-16-10-11-19-40-25/h7,9,12,14-15,17,22,25H,6,8,10-11,13,16,18-21H2,1-5H3/b14-9-,23-7+. The van der Waals surface area contributed by atoms with Crippen LogP contribution in [0.25, 0.3) is 22.6 Å². The minimum absolute atomic E-state index is 0.214. The molecule has 0 radical (unpaired) electrons. The molecule has 1 fully saturated rings. The summed E-state index contributed by atoms with van der Waals surface area (Å²) in [5, 5.41) is 0. The van der Waals surface area contributed by atoms with Crippen molar-refractivity contribution in [3.8, 4) is 17.3 Å². The number of imidazole rings is 1. The first-order chi connectivity index (χ1) is 19.9. The molecule has 0 aromatic carbocycles. The number of nitrogens with zero attached hydrogens (tertiary/aromatic N) is 5. The molecule has 1 unspecified atom stereocenters. The quantitative estimate of drug-likeness (QED) is 0.206. The molecule has 3 aromatic rings. The van der Waals surface area contributed by atoms with Gasteiger partial charge < -0.3 is 18.8 Å². The van der Waals surface area contributed by atoms with Crippen LogP contribution in [0.5, 0.6) is 5.88 Å². The molecule has 0 bridgehead atoms. The van der Waals surface area contributed by atoms with E-state index in [0.29, 0.717) is 61.2 Å². The molecule has 0 saturated carbocycles. The Morgan fingerprint density at radius 3 is 2.73 bits per heavy atom. The van der Waals surface area contributed by atoms with Crippen LogP contribution in [0.15, 0.2) is 51.7 Å². The van der Waals surface area contributed by atoms with Crippen LogP contribution in [0.1, 0.15) is 72.8 Å². The molecule has 3 aromatic heterocycles. The summed E-state index contributed by atoms with van der Waals surface area (Å²) in [5.74, 6) is 0.959. The Hall–Kier alpha value is -3.50. The maximum absolute atomic E-state index is 14.1. The highest BCUT2D eigenvalue weighted by Crippen LogP contribution is 2.31. The van der Waals surface area contributed by atoms with Crippen LogP contribution in [-0.4, -0.2) is 49.8 Å². The second-order valence-electron chi connectivity index (χ2n) is 10.4. The lowest BCUT2D eigenvalue weighted by atomic mass is 10.2. The number of allylic oxidation sites excluding steroid dienone is 4. The highest BCUT2D eigenvalue weighted by molar-refractivity contribution is 5.78. The Kier molecular flexibility index (Phi) is 10.7. The zero-order chi connectivity index (χ0) is 29.4. The van der Waals surface area contributed by atoms with E-state index in [2.05, 4.69) is 24.1 Å². The zero-order valence-electron chi connectivity index (χ0n) is 25.0. The summed E-state index contributed by atoms with van der Waals surface area (Å²) >= 11 is 0. The van der Waals surface area contributed by atoms with E-state index >= 15 is 0 Å². The van der Waals surface area contributed by atoms with Crippen LogP contribution >= 0.6 is 0 Å². The Morgan fingerprint density at radius 2 is 2.05 bits per heavy atom. The van der Waals surface area contributed by atoms with Crippen molar-refractivity contribution in [1.82, 2.24) is 23.7 Å². The molecule has 1 atom stereocenters. The van der Waals surface area contributed by atoms with Gasteiger partial charge in [0.1, 0.15) is 5.82 Å². The first kappa shape index (κ1) is 30.5. The topological polar surface area (TPSA) is 102 Å². The van der Waals surface area contributed by atoms with Gasteiger partial charge in [-0.05, 0) is 77.5 Å². The fourth-order valence-corrected chi connectivity index (χ4v) is 5.06. The van der Waals surface area contributed by atoms with Crippen LogP contribution in [0.3, 0.4) is 0 Å². The monoisotopic (exact) mass is 565 g/mol. The Morgan fingerprint density at radius 1 is 1.22 bits per heavy atom. The average Bonchev–Trinajstić information content (AvgIpc) is 3.34. The first-order valence-electron chi connectivity index (χ1n) is 14.8. The number of aromatic nitrogens is 5. The van der Waals surface area contributed by atoms with E-state index in [9.17, 15) is 9.59 Å². The second-order valence-corrected chi connectivity index (χ2v) is 10.4. The molecule has 1 saturated heterocycles. The van der Waals surface area contributed by atoms with Crippen LogP contribution in [0.4, 0.5) is 0 Å². The molecule has 0 aliphatic carbocycles. The number of hydrogen-bond acceptors (Lipinski definition) is 7. The molecule has 222 valence electrons. The van der Waals surface area contributed by atoms with Gasteiger partial charge in [0.25, 0.3) is 5.56 Å². The maximum atomic E-state index is 14.1. The first-order valence-corrected chi connectivity index (χ1v) is 14.8. The molecular formula is C31H43N5O5. The van der Waals surface area contributed by atoms with Gasteiger partial charge in [0, 0.05) is 31.9 Å². The number of hydrogen-bond donors (Lipinski definition) is 0. The SMILES string of the molecule is C/C=C(\C=C/CC)Cn1c(-c2cccnc2OCC)nc2c1c(=O)n(CCCOC1CCCCO1)c(=O)n2C(C)C. The third-order valence-electron chi connectivity index (χ3n) is 7.12. The van der Waals surface area contributed by atoms with Crippen LogP contribution < -0.4 is 16.0 Å². The van der Waals surface area contributed by atoms with Gasteiger partial charge in [0.2, 0.25) is 5.88 Å². The van der Waals surface area contributed by atoms with E-state index in [1.165, 1.54) is 4.57 Å². The summed E-state index contributed by atoms with van der Waals surface area (Å²) in [5.41, 5.74) is 1.66. The molecule has 0 N–H and O–H groups in total. The van der Waals surface area contributed by atoms with Gasteiger partial charge in [0.15, 0.2) is 17.5 Å². The summed E-state index contributed by atoms with van der Waals surface area (Å²) in [7, 11) is 0. The molecule has 0 amide bonds. The van der Waals surface area contributed by atoms with E-state index in [1.807, 2.05) is 50.5 Å². The molecule has 1 aliphatic rings. The molecule has 41 heavy (non-hydrogen) atoms. The van der Waals surface area contributed by atoms with Gasteiger partial charge in [-0.2, -0.15) is 0 Å². The van der Waals surface area contributed by atoms with Gasteiger partial charge in [-0.3, -0.25) is 13.9 Å². The molecule has 10 heteroatoms. The minimum Gasteiger partial charge on any atom is -0.477 e. The highest BCUT2D eigenvalue weighted by Gasteiger charge is 2.25. The fraction of sp³-hybridized carbons (Fsp3) is 0.548. The van der Waals surface area contributed by atoms with E-state index in [4.69, 9.17) is 19.2 Å². The van der Waals surface area contributed by atoms with Crippen LogP contribution in [0, 0.1) is 0 Å². The summed E-state index contributed by atoms with van der Waals surface area (Å²) in [6.45, 7) is 12.0. The summed E-state index contributed by atoms with van der Waals surface area (Å²) < 4.78 is 22.2. The largest absolute Gasteiger partial charge is 0.477 e. The molecule has 1 aliphatic heterocycles. The number of ether oxygens (including phenoxy) is 3. The van der Waals surface area contributed by atoms with Crippen molar-refractivity contribution in [1.29, 1.82) is 0 Å². The van der Waals surface area contributed by atoms with Gasteiger partial charge in [0.05, 0.1) is 18.8 Å². The number of fused-ring (bicyclic) bond motifs is 1. The van der Waals surface area contributed by atoms with Crippen LogP contribution in [-0.2, 0) is 22.6 Å². The van der Waals surface area contributed by atoms with E-state index in [0.717, 1.165) is 31.3 Å². The third kappa shape index (κ3) is 6.87. The average molecular weight is 566 g/mol. The van der Waals surface area contributed by atoms with Gasteiger partial charge in [-0.25, -0.2) is 14.8 Å². The second kappa shape index (κ2) is 14.4. The van der Waals surface area contributed by atoms with Crippen molar-refractivity contribution in [2.24, 2.45) is 0 Å². The Bertz CT molecular complexity index is 1490. The lowest BCUT2D eigenvalue weighted by Gasteiger charge is -2.22. The zero-order valence-corrected chi connectivity index (χ0v) is 25.0. The number of pyridine rings is 1. The lowest BCUT2D eigenvalue weighted by molar-refractivity contribution is -0.163. The predicted octanol–water partition coefficient (Wildman–Crippen LogP) is 5.25. The van der Waals surface area contributed by atoms with E-state index in [-0.39, 0.29) is 30.1 Å².